The third-order valence-corrected chi connectivity index (χ3v) is 3.92. The number of hydrogen-bond acceptors (Lipinski definition) is 5. The molecule has 1 aromatic carbocycles. The Morgan fingerprint density at radius 1 is 1.24 bits per heavy atom. The van der Waals surface area contributed by atoms with Gasteiger partial charge >= 0.3 is 0 Å². The van der Waals surface area contributed by atoms with Crippen molar-refractivity contribution in [1.82, 2.24) is 9.97 Å². The molecule has 3 N–H and O–H groups in total. The number of nitrogens with one attached hydrogen (secondary N) is 1. The van der Waals surface area contributed by atoms with Gasteiger partial charge < -0.3 is 16.0 Å². The van der Waals surface area contributed by atoms with Crippen LogP contribution in [0.5, 0.6) is 0 Å². The molecule has 25 heavy (non-hydrogen) atoms. The Morgan fingerprint density at radius 2 is 1.96 bits per heavy atom. The van der Waals surface area contributed by atoms with E-state index in [4.69, 9.17) is 5.73 Å². The van der Waals surface area contributed by atoms with Gasteiger partial charge in [-0.15, -0.1) is 24.8 Å². The van der Waals surface area contributed by atoms with E-state index in [1.807, 2.05) is 6.07 Å². The van der Waals surface area contributed by atoms with Gasteiger partial charge in [-0.1, -0.05) is 13.3 Å². The lowest BCUT2D eigenvalue weighted by atomic mass is 10.2. The molecule has 0 bridgehead atoms. The lowest BCUT2D eigenvalue weighted by Gasteiger charge is -2.18. The molecule has 3 rings (SSSR count). The number of nitrogens with zero attached hydrogens (tertiary/aromatic N) is 3. The van der Waals surface area contributed by atoms with Gasteiger partial charge in [0.15, 0.2) is 0 Å². The van der Waals surface area contributed by atoms with E-state index in [0.29, 0.717) is 5.95 Å². The van der Waals surface area contributed by atoms with E-state index in [0.717, 1.165) is 49.6 Å². The largest absolute Gasteiger partial charge is 0.355 e. The highest BCUT2D eigenvalue weighted by Crippen LogP contribution is 2.22. The van der Waals surface area contributed by atoms with Crippen LogP contribution in [0.4, 0.5) is 21.8 Å². The molecule has 1 atom stereocenters. The minimum absolute atomic E-state index is 0. The van der Waals surface area contributed by atoms with Crippen LogP contribution in [0.3, 0.4) is 0 Å². The highest BCUT2D eigenvalue weighted by molar-refractivity contribution is 5.85. The van der Waals surface area contributed by atoms with E-state index < -0.39 is 0 Å². The molecule has 2 heterocycles. The molecule has 1 aliphatic rings. The van der Waals surface area contributed by atoms with Gasteiger partial charge in [-0.25, -0.2) is 9.37 Å². The Labute approximate surface area is 160 Å². The van der Waals surface area contributed by atoms with E-state index >= 15 is 0 Å². The normalized spacial score (nSPS) is 16.1. The first kappa shape index (κ1) is 21.4. The molecule has 0 saturated carbocycles. The molecule has 5 nitrogen and oxygen atoms in total. The maximum absolute atomic E-state index is 13.0. The molecule has 138 valence electrons. The fraction of sp³-hybridized carbons (Fsp3) is 0.412. The molecule has 0 aliphatic carbocycles. The predicted octanol–water partition coefficient (Wildman–Crippen LogP) is 3.69. The summed E-state index contributed by atoms with van der Waals surface area (Å²) in [4.78, 5) is 11.4. The highest BCUT2D eigenvalue weighted by atomic mass is 35.5. The fourth-order valence-electron chi connectivity index (χ4n) is 2.74. The van der Waals surface area contributed by atoms with Crippen molar-refractivity contribution in [3.63, 3.8) is 0 Å². The molecule has 1 fully saturated rings. The first-order valence-electron chi connectivity index (χ1n) is 8.05. The quantitative estimate of drug-likeness (QED) is 0.818. The molecule has 0 amide bonds. The molecule has 1 aliphatic heterocycles. The average Bonchev–Trinajstić information content (AvgIpc) is 2.96. The smallest absolute Gasteiger partial charge is 0.229 e. The first-order valence-corrected chi connectivity index (χ1v) is 8.05. The minimum Gasteiger partial charge on any atom is -0.355 e. The minimum atomic E-state index is -0.261. The van der Waals surface area contributed by atoms with Gasteiger partial charge in [0, 0.05) is 36.6 Å². The lowest BCUT2D eigenvalue weighted by molar-refractivity contribution is 0.628. The summed E-state index contributed by atoms with van der Waals surface area (Å²) in [5, 5.41) is 3.16. The van der Waals surface area contributed by atoms with Crippen molar-refractivity contribution < 1.29 is 4.39 Å². The number of aryl methyl sites for hydroxylation is 1. The summed E-state index contributed by atoms with van der Waals surface area (Å²) >= 11 is 0. The number of anilines is 3. The van der Waals surface area contributed by atoms with Crippen molar-refractivity contribution in [2.75, 3.05) is 23.3 Å². The van der Waals surface area contributed by atoms with Crippen molar-refractivity contribution in [3.8, 4) is 0 Å². The van der Waals surface area contributed by atoms with Crippen LogP contribution in [-0.4, -0.2) is 29.1 Å². The zero-order valence-electron chi connectivity index (χ0n) is 14.1. The van der Waals surface area contributed by atoms with Gasteiger partial charge in [-0.2, -0.15) is 4.98 Å². The number of nitrogens with two attached hydrogens (primary N) is 1. The Bertz CT molecular complexity index is 669. The topological polar surface area (TPSA) is 67.1 Å². The molecular weight excluding hydrogens is 364 g/mol. The Hall–Kier alpha value is -1.63. The van der Waals surface area contributed by atoms with Crippen molar-refractivity contribution in [2.45, 2.75) is 32.2 Å². The summed E-state index contributed by atoms with van der Waals surface area (Å²) in [6, 6.07) is 8.43. The van der Waals surface area contributed by atoms with Crippen molar-refractivity contribution in [2.24, 2.45) is 5.73 Å². The van der Waals surface area contributed by atoms with E-state index in [1.165, 1.54) is 12.1 Å². The molecule has 1 unspecified atom stereocenters. The molecule has 0 spiro atoms. The first-order chi connectivity index (χ1) is 11.1. The fourth-order valence-corrected chi connectivity index (χ4v) is 2.74. The van der Waals surface area contributed by atoms with Gasteiger partial charge in [-0.3, -0.25) is 0 Å². The molecular formula is C17H24Cl2FN5. The SMILES string of the molecule is CCCc1cc(N2CCC(N)C2)nc(Nc2ccc(F)cc2)n1.Cl.Cl. The predicted molar refractivity (Wildman–Crippen MR) is 105 cm³/mol. The van der Waals surface area contributed by atoms with E-state index in [-0.39, 0.29) is 36.7 Å². The van der Waals surface area contributed by atoms with Crippen LogP contribution >= 0.6 is 24.8 Å². The second-order valence-corrected chi connectivity index (χ2v) is 5.92. The second kappa shape index (κ2) is 9.75. The standard InChI is InChI=1S/C17H22FN5.2ClH/c1-2-3-15-10-16(23-9-8-13(19)11-23)22-17(21-15)20-14-6-4-12(18)5-7-14;;/h4-7,10,13H,2-3,8-9,11,19H2,1H3,(H,20,21,22);2*1H. The van der Waals surface area contributed by atoms with Gasteiger partial charge in [0.2, 0.25) is 5.95 Å². The maximum atomic E-state index is 13.0. The van der Waals surface area contributed by atoms with E-state index in [2.05, 4.69) is 27.1 Å². The van der Waals surface area contributed by atoms with Crippen LogP contribution in [0.1, 0.15) is 25.5 Å². The summed E-state index contributed by atoms with van der Waals surface area (Å²) in [5.41, 5.74) is 7.77. The molecule has 8 heteroatoms. The summed E-state index contributed by atoms with van der Waals surface area (Å²) in [6.45, 7) is 3.86. The van der Waals surface area contributed by atoms with Crippen LogP contribution in [0.15, 0.2) is 30.3 Å². The Morgan fingerprint density at radius 3 is 2.56 bits per heavy atom. The number of hydrogen-bond donors (Lipinski definition) is 2. The lowest BCUT2D eigenvalue weighted by Crippen LogP contribution is -2.27. The zero-order valence-corrected chi connectivity index (χ0v) is 15.7. The molecule has 1 saturated heterocycles. The molecule has 1 aromatic heterocycles. The summed E-state index contributed by atoms with van der Waals surface area (Å²) in [5.74, 6) is 1.18. The van der Waals surface area contributed by atoms with E-state index in [9.17, 15) is 4.39 Å². The summed E-state index contributed by atoms with van der Waals surface area (Å²) in [7, 11) is 0. The van der Waals surface area contributed by atoms with E-state index in [1.54, 1.807) is 12.1 Å². The van der Waals surface area contributed by atoms with Crippen molar-refractivity contribution in [3.05, 3.63) is 41.8 Å². The summed E-state index contributed by atoms with van der Waals surface area (Å²) in [6.07, 6.45) is 2.90. The van der Waals surface area contributed by atoms with Crippen LogP contribution in [-0.2, 0) is 6.42 Å². The van der Waals surface area contributed by atoms with Crippen LogP contribution in [0, 0.1) is 5.82 Å². The van der Waals surface area contributed by atoms with Crippen molar-refractivity contribution >= 4 is 42.3 Å². The zero-order chi connectivity index (χ0) is 16.2. The van der Waals surface area contributed by atoms with Gasteiger partial charge in [0.1, 0.15) is 11.6 Å². The van der Waals surface area contributed by atoms with Crippen LogP contribution < -0.4 is 16.0 Å². The monoisotopic (exact) mass is 387 g/mol. The van der Waals surface area contributed by atoms with Gasteiger partial charge in [0.25, 0.3) is 0 Å². The van der Waals surface area contributed by atoms with Gasteiger partial charge in [0.05, 0.1) is 0 Å². The third-order valence-electron chi connectivity index (χ3n) is 3.92. The van der Waals surface area contributed by atoms with Crippen molar-refractivity contribution in [1.29, 1.82) is 0 Å². The third kappa shape index (κ3) is 5.70. The molecule has 2 aromatic rings. The number of benzene rings is 1. The second-order valence-electron chi connectivity index (χ2n) is 5.92. The number of aromatic nitrogens is 2. The van der Waals surface area contributed by atoms with Crippen LogP contribution in [0.2, 0.25) is 0 Å². The summed E-state index contributed by atoms with van der Waals surface area (Å²) < 4.78 is 13.0. The number of halogens is 3. The Kier molecular flexibility index (Phi) is 8.35. The number of rotatable bonds is 5. The maximum Gasteiger partial charge on any atom is 0.229 e. The van der Waals surface area contributed by atoms with Crippen LogP contribution in [0.25, 0.3) is 0 Å². The highest BCUT2D eigenvalue weighted by Gasteiger charge is 2.21. The average molecular weight is 388 g/mol. The Balaban J connectivity index is 0.00000156. The molecule has 0 radical (unpaired) electrons. The van der Waals surface area contributed by atoms with Gasteiger partial charge in [-0.05, 0) is 37.1 Å².